The van der Waals surface area contributed by atoms with Gasteiger partial charge in [-0.1, -0.05) is 13.3 Å². The van der Waals surface area contributed by atoms with Gasteiger partial charge in [0.25, 0.3) is 0 Å². The van der Waals surface area contributed by atoms with E-state index in [0.717, 1.165) is 25.1 Å². The summed E-state index contributed by atoms with van der Waals surface area (Å²) in [7, 11) is 0. The second-order valence-electron chi connectivity index (χ2n) is 4.06. The molecule has 1 aliphatic carbocycles. The van der Waals surface area contributed by atoms with Gasteiger partial charge >= 0.3 is 5.97 Å². The predicted octanol–water partition coefficient (Wildman–Crippen LogP) is 1.19. The molecule has 0 radical (unpaired) electrons. The molecule has 1 aromatic heterocycles. The fourth-order valence-electron chi connectivity index (χ4n) is 1.80. The third kappa shape index (κ3) is 1.62. The molecule has 0 unspecified atom stereocenters. The molecule has 15 heavy (non-hydrogen) atoms. The van der Waals surface area contributed by atoms with Crippen molar-refractivity contribution in [3.8, 4) is 0 Å². The molecule has 1 fully saturated rings. The molecule has 0 saturated heterocycles. The van der Waals surface area contributed by atoms with E-state index in [0.29, 0.717) is 12.8 Å². The molecule has 0 bridgehead atoms. The van der Waals surface area contributed by atoms with Crippen LogP contribution in [-0.4, -0.2) is 25.8 Å². The molecule has 0 amide bonds. The number of unbranched alkanes of at least 4 members (excludes halogenated alkanes) is 1. The van der Waals surface area contributed by atoms with Gasteiger partial charge in [-0.25, -0.2) is 4.79 Å². The Bertz CT molecular complexity index is 368. The third-order valence-corrected chi connectivity index (χ3v) is 2.96. The van der Waals surface area contributed by atoms with Crippen LogP contribution in [0.1, 0.15) is 38.4 Å². The quantitative estimate of drug-likeness (QED) is 0.791. The topological polar surface area (TPSA) is 68.0 Å². The molecule has 1 N–H and O–H groups in total. The average molecular weight is 209 g/mol. The maximum absolute atomic E-state index is 11.1. The molecule has 2 rings (SSSR count). The fraction of sp³-hybridized carbons (Fsp3) is 0.700. The van der Waals surface area contributed by atoms with Crippen LogP contribution in [-0.2, 0) is 16.8 Å². The van der Waals surface area contributed by atoms with Crippen molar-refractivity contribution in [3.63, 3.8) is 0 Å². The van der Waals surface area contributed by atoms with Crippen LogP contribution in [0.4, 0.5) is 0 Å². The Hall–Kier alpha value is -1.39. The van der Waals surface area contributed by atoms with Gasteiger partial charge in [-0.3, -0.25) is 0 Å². The molecule has 5 nitrogen and oxygen atoms in total. The molecule has 0 atom stereocenters. The normalized spacial score (nSPS) is 17.7. The van der Waals surface area contributed by atoms with Gasteiger partial charge < -0.3 is 9.67 Å². The standard InChI is InChI=1S/C10H15N3O2/c1-2-3-4-8-12-11-7-13(8)10(5-6-10)9(14)15/h7H,2-6H2,1H3,(H,14,15). The van der Waals surface area contributed by atoms with Crippen molar-refractivity contribution < 1.29 is 9.90 Å². The number of carboxylic acids is 1. The van der Waals surface area contributed by atoms with Crippen molar-refractivity contribution in [2.75, 3.05) is 0 Å². The third-order valence-electron chi connectivity index (χ3n) is 2.96. The molecule has 5 heteroatoms. The van der Waals surface area contributed by atoms with Gasteiger partial charge in [-0.15, -0.1) is 10.2 Å². The number of carbonyl (C=O) groups is 1. The van der Waals surface area contributed by atoms with E-state index in [1.54, 1.807) is 10.9 Å². The van der Waals surface area contributed by atoms with Crippen LogP contribution in [0.5, 0.6) is 0 Å². The van der Waals surface area contributed by atoms with E-state index in [1.807, 2.05) is 0 Å². The molecule has 82 valence electrons. The highest BCUT2D eigenvalue weighted by atomic mass is 16.4. The van der Waals surface area contributed by atoms with Gasteiger partial charge in [0.05, 0.1) is 0 Å². The van der Waals surface area contributed by atoms with Crippen LogP contribution >= 0.6 is 0 Å². The van der Waals surface area contributed by atoms with Crippen molar-refractivity contribution in [1.29, 1.82) is 0 Å². The van der Waals surface area contributed by atoms with Crippen molar-refractivity contribution in [2.24, 2.45) is 0 Å². The Balaban J connectivity index is 2.21. The Morgan fingerprint density at radius 1 is 1.67 bits per heavy atom. The number of carboxylic acid groups (broad SMARTS) is 1. The van der Waals surface area contributed by atoms with E-state index in [1.165, 1.54) is 0 Å². The largest absolute Gasteiger partial charge is 0.479 e. The van der Waals surface area contributed by atoms with Crippen molar-refractivity contribution in [3.05, 3.63) is 12.2 Å². The van der Waals surface area contributed by atoms with E-state index in [9.17, 15) is 4.79 Å². The molecular formula is C10H15N3O2. The summed E-state index contributed by atoms with van der Waals surface area (Å²) in [6, 6.07) is 0. The van der Waals surface area contributed by atoms with E-state index < -0.39 is 11.5 Å². The van der Waals surface area contributed by atoms with Crippen LogP contribution in [0.15, 0.2) is 6.33 Å². The zero-order valence-corrected chi connectivity index (χ0v) is 8.81. The van der Waals surface area contributed by atoms with E-state index in [2.05, 4.69) is 17.1 Å². The van der Waals surface area contributed by atoms with Gasteiger partial charge in [-0.05, 0) is 19.3 Å². The van der Waals surface area contributed by atoms with Gasteiger partial charge in [0.1, 0.15) is 17.7 Å². The lowest BCUT2D eigenvalue weighted by Crippen LogP contribution is -2.28. The molecule has 1 saturated carbocycles. The molecular weight excluding hydrogens is 194 g/mol. The second kappa shape index (κ2) is 3.64. The smallest absolute Gasteiger partial charge is 0.329 e. The van der Waals surface area contributed by atoms with Crippen molar-refractivity contribution in [1.82, 2.24) is 14.8 Å². The van der Waals surface area contributed by atoms with E-state index in [4.69, 9.17) is 5.11 Å². The summed E-state index contributed by atoms with van der Waals surface area (Å²) in [5, 5.41) is 17.0. The number of aryl methyl sites for hydroxylation is 1. The van der Waals surface area contributed by atoms with Gasteiger partial charge in [0.15, 0.2) is 0 Å². The summed E-state index contributed by atoms with van der Waals surface area (Å²) in [6.07, 6.45) is 5.85. The lowest BCUT2D eigenvalue weighted by Gasteiger charge is -2.13. The van der Waals surface area contributed by atoms with Crippen LogP contribution in [0.25, 0.3) is 0 Å². The second-order valence-corrected chi connectivity index (χ2v) is 4.06. The highest BCUT2D eigenvalue weighted by molar-refractivity contribution is 5.80. The Labute approximate surface area is 88.1 Å². The van der Waals surface area contributed by atoms with Crippen LogP contribution in [0.2, 0.25) is 0 Å². The first-order chi connectivity index (χ1) is 7.20. The first kappa shape index (κ1) is 10.1. The predicted molar refractivity (Wildman–Crippen MR) is 53.5 cm³/mol. The van der Waals surface area contributed by atoms with E-state index >= 15 is 0 Å². The summed E-state index contributed by atoms with van der Waals surface area (Å²) in [5.74, 6) is 0.0387. The van der Waals surface area contributed by atoms with Crippen molar-refractivity contribution >= 4 is 5.97 Å². The summed E-state index contributed by atoms with van der Waals surface area (Å²) < 4.78 is 1.74. The lowest BCUT2D eigenvalue weighted by atomic mass is 10.2. The Morgan fingerprint density at radius 3 is 2.93 bits per heavy atom. The average Bonchev–Trinajstić information content (AvgIpc) is 2.90. The number of hydrogen-bond donors (Lipinski definition) is 1. The molecule has 1 heterocycles. The summed E-state index contributed by atoms with van der Waals surface area (Å²) in [5.41, 5.74) is -0.730. The molecule has 0 aromatic carbocycles. The number of rotatable bonds is 5. The summed E-state index contributed by atoms with van der Waals surface area (Å²) >= 11 is 0. The first-order valence-electron chi connectivity index (χ1n) is 5.33. The zero-order valence-electron chi connectivity index (χ0n) is 8.81. The number of hydrogen-bond acceptors (Lipinski definition) is 3. The van der Waals surface area contributed by atoms with Gasteiger partial charge in [0.2, 0.25) is 0 Å². The number of aromatic nitrogens is 3. The summed E-state index contributed by atoms with van der Waals surface area (Å²) in [6.45, 7) is 2.10. The van der Waals surface area contributed by atoms with Crippen LogP contribution < -0.4 is 0 Å². The van der Waals surface area contributed by atoms with Crippen molar-refractivity contribution in [2.45, 2.75) is 44.6 Å². The maximum atomic E-state index is 11.1. The highest BCUT2D eigenvalue weighted by Crippen LogP contribution is 2.44. The molecule has 0 spiro atoms. The first-order valence-corrected chi connectivity index (χ1v) is 5.33. The lowest BCUT2D eigenvalue weighted by molar-refractivity contribution is -0.142. The Morgan fingerprint density at radius 2 is 2.40 bits per heavy atom. The molecule has 0 aliphatic heterocycles. The fourth-order valence-corrected chi connectivity index (χ4v) is 1.80. The van der Waals surface area contributed by atoms with Gasteiger partial charge in [-0.2, -0.15) is 0 Å². The minimum atomic E-state index is -0.764. The minimum absolute atomic E-state index is 0.694. The Kier molecular flexibility index (Phi) is 2.46. The monoisotopic (exact) mass is 209 g/mol. The van der Waals surface area contributed by atoms with Gasteiger partial charge in [0, 0.05) is 6.42 Å². The summed E-state index contributed by atoms with van der Waals surface area (Å²) in [4.78, 5) is 11.1. The highest BCUT2D eigenvalue weighted by Gasteiger charge is 2.53. The minimum Gasteiger partial charge on any atom is -0.479 e. The molecule has 1 aliphatic rings. The number of aliphatic carboxylic acids is 1. The van der Waals surface area contributed by atoms with Crippen LogP contribution in [0.3, 0.4) is 0 Å². The zero-order chi connectivity index (χ0) is 10.9. The molecule has 1 aromatic rings. The van der Waals surface area contributed by atoms with E-state index in [-0.39, 0.29) is 0 Å². The number of nitrogens with zero attached hydrogens (tertiary/aromatic N) is 3. The SMILES string of the molecule is CCCCc1nncn1C1(C(=O)O)CC1. The maximum Gasteiger partial charge on any atom is 0.329 e. The van der Waals surface area contributed by atoms with Crippen LogP contribution in [0, 0.1) is 0 Å².